The van der Waals surface area contributed by atoms with Crippen molar-refractivity contribution < 1.29 is 0 Å². The second kappa shape index (κ2) is 6.08. The zero-order chi connectivity index (χ0) is 11.3. The lowest BCUT2D eigenvalue weighted by Gasteiger charge is -2.17. The van der Waals surface area contributed by atoms with E-state index in [9.17, 15) is 0 Å². The first kappa shape index (κ1) is 12.5. The van der Waals surface area contributed by atoms with E-state index in [0.717, 1.165) is 37.4 Å². The molecule has 0 amide bonds. The van der Waals surface area contributed by atoms with Gasteiger partial charge >= 0.3 is 0 Å². The van der Waals surface area contributed by atoms with Gasteiger partial charge in [-0.1, -0.05) is 13.8 Å². The second-order valence-electron chi connectivity index (χ2n) is 3.77. The van der Waals surface area contributed by atoms with Crippen LogP contribution in [0.25, 0.3) is 0 Å². The predicted molar refractivity (Wildman–Crippen MR) is 66.8 cm³/mol. The van der Waals surface area contributed by atoms with E-state index in [1.54, 1.807) is 0 Å². The van der Waals surface area contributed by atoms with Gasteiger partial charge in [-0.05, 0) is 45.2 Å². The summed E-state index contributed by atoms with van der Waals surface area (Å²) in [6.07, 6.45) is 3.13. The van der Waals surface area contributed by atoms with Crippen LogP contribution in [0.5, 0.6) is 0 Å². The summed E-state index contributed by atoms with van der Waals surface area (Å²) in [7, 11) is 0. The number of hydrogen-bond donors (Lipinski definition) is 1. The van der Waals surface area contributed by atoms with Crippen LogP contribution < -0.4 is 0 Å². The number of nitrogens with one attached hydrogen (secondary N) is 1. The fraction of sp³-hybridized carbons (Fsp3) is 0.727. The molecule has 0 aromatic carbocycles. The van der Waals surface area contributed by atoms with Crippen LogP contribution in [-0.4, -0.2) is 34.1 Å². The van der Waals surface area contributed by atoms with E-state index >= 15 is 0 Å². The fourth-order valence-corrected chi connectivity index (χ4v) is 2.05. The molecule has 0 aliphatic carbocycles. The number of hydrogen-bond acceptors (Lipinski definition) is 2. The van der Waals surface area contributed by atoms with Crippen LogP contribution in [0.4, 0.5) is 0 Å². The molecule has 0 unspecified atom stereocenters. The first-order valence-electron chi connectivity index (χ1n) is 5.66. The van der Waals surface area contributed by atoms with E-state index < -0.39 is 0 Å². The minimum atomic E-state index is 0.840. The minimum absolute atomic E-state index is 0.840. The number of aromatic nitrogens is 2. The van der Waals surface area contributed by atoms with Crippen molar-refractivity contribution in [2.75, 3.05) is 19.6 Å². The van der Waals surface area contributed by atoms with E-state index in [-0.39, 0.29) is 0 Å². The molecule has 1 aromatic heterocycles. The van der Waals surface area contributed by atoms with E-state index in [2.05, 4.69) is 35.2 Å². The Hall–Kier alpha value is -0.610. The van der Waals surface area contributed by atoms with Crippen LogP contribution >= 0.6 is 12.2 Å². The summed E-state index contributed by atoms with van der Waals surface area (Å²) in [6.45, 7) is 10.9. The number of nitrogens with zero attached hydrogens (tertiary/aromatic N) is 2. The molecule has 15 heavy (non-hydrogen) atoms. The van der Waals surface area contributed by atoms with Gasteiger partial charge in [0.25, 0.3) is 0 Å². The van der Waals surface area contributed by atoms with Crippen molar-refractivity contribution in [1.82, 2.24) is 14.5 Å². The third kappa shape index (κ3) is 3.47. The van der Waals surface area contributed by atoms with Gasteiger partial charge in [-0.2, -0.15) is 0 Å². The largest absolute Gasteiger partial charge is 0.337 e. The Kier molecular flexibility index (Phi) is 5.05. The zero-order valence-corrected chi connectivity index (χ0v) is 10.7. The average molecular weight is 227 g/mol. The highest BCUT2D eigenvalue weighted by Gasteiger charge is 2.01. The summed E-state index contributed by atoms with van der Waals surface area (Å²) in [6, 6.07) is 0. The molecule has 4 heteroatoms. The van der Waals surface area contributed by atoms with Gasteiger partial charge < -0.3 is 14.5 Å². The van der Waals surface area contributed by atoms with E-state index in [1.165, 1.54) is 5.69 Å². The molecule has 0 fully saturated rings. The van der Waals surface area contributed by atoms with Crippen LogP contribution in [0.2, 0.25) is 0 Å². The highest BCUT2D eigenvalue weighted by atomic mass is 32.1. The highest BCUT2D eigenvalue weighted by Crippen LogP contribution is 2.02. The van der Waals surface area contributed by atoms with Gasteiger partial charge in [0, 0.05) is 18.4 Å². The molecule has 0 bridgehead atoms. The molecule has 0 saturated heterocycles. The van der Waals surface area contributed by atoms with Gasteiger partial charge in [0.2, 0.25) is 0 Å². The Morgan fingerprint density at radius 3 is 2.53 bits per heavy atom. The van der Waals surface area contributed by atoms with Gasteiger partial charge in [0.05, 0.1) is 0 Å². The van der Waals surface area contributed by atoms with Crippen LogP contribution in [0.1, 0.15) is 26.0 Å². The van der Waals surface area contributed by atoms with E-state index in [4.69, 9.17) is 12.2 Å². The summed E-state index contributed by atoms with van der Waals surface area (Å²) in [5, 5.41) is 0. The first-order chi connectivity index (χ1) is 7.19. The van der Waals surface area contributed by atoms with Crippen LogP contribution in [0.15, 0.2) is 6.20 Å². The third-order valence-electron chi connectivity index (χ3n) is 2.83. The van der Waals surface area contributed by atoms with Crippen LogP contribution in [0, 0.1) is 11.7 Å². The zero-order valence-electron chi connectivity index (χ0n) is 9.92. The number of rotatable bonds is 6. The van der Waals surface area contributed by atoms with Crippen LogP contribution in [-0.2, 0) is 6.54 Å². The molecule has 86 valence electrons. The molecule has 0 radical (unpaired) electrons. The van der Waals surface area contributed by atoms with E-state index in [0.29, 0.717) is 0 Å². The van der Waals surface area contributed by atoms with Gasteiger partial charge in [-0.3, -0.25) is 0 Å². The third-order valence-corrected chi connectivity index (χ3v) is 3.16. The van der Waals surface area contributed by atoms with Gasteiger partial charge in [-0.15, -0.1) is 0 Å². The Bertz CT molecular complexity index is 336. The summed E-state index contributed by atoms with van der Waals surface area (Å²) in [5.74, 6) is 0. The van der Waals surface area contributed by atoms with Crippen molar-refractivity contribution in [2.45, 2.75) is 33.7 Å². The topological polar surface area (TPSA) is 24.0 Å². The fourth-order valence-electron chi connectivity index (χ4n) is 1.75. The quantitative estimate of drug-likeness (QED) is 0.755. The summed E-state index contributed by atoms with van der Waals surface area (Å²) in [5.41, 5.74) is 1.22. The predicted octanol–water partition coefficient (Wildman–Crippen LogP) is 2.59. The van der Waals surface area contributed by atoms with Crippen molar-refractivity contribution in [2.24, 2.45) is 0 Å². The van der Waals surface area contributed by atoms with Gasteiger partial charge in [0.15, 0.2) is 4.77 Å². The first-order valence-corrected chi connectivity index (χ1v) is 6.07. The molecule has 1 rings (SSSR count). The average Bonchev–Trinajstić information content (AvgIpc) is 2.55. The molecular weight excluding hydrogens is 206 g/mol. The molecule has 0 atom stereocenters. The lowest BCUT2D eigenvalue weighted by atomic mass is 10.3. The Balaban J connectivity index is 2.41. The van der Waals surface area contributed by atoms with Crippen molar-refractivity contribution >= 4 is 12.2 Å². The molecule has 0 spiro atoms. The summed E-state index contributed by atoms with van der Waals surface area (Å²) < 4.78 is 3.01. The minimum Gasteiger partial charge on any atom is -0.337 e. The van der Waals surface area contributed by atoms with Crippen molar-refractivity contribution in [1.29, 1.82) is 0 Å². The molecule has 0 aliphatic heterocycles. The van der Waals surface area contributed by atoms with Crippen molar-refractivity contribution in [3.05, 3.63) is 16.7 Å². The highest BCUT2D eigenvalue weighted by molar-refractivity contribution is 7.71. The molecular formula is C11H21N3S. The summed E-state index contributed by atoms with van der Waals surface area (Å²) >= 11 is 5.20. The summed E-state index contributed by atoms with van der Waals surface area (Å²) in [4.78, 5) is 5.50. The number of H-pyrrole nitrogens is 1. The van der Waals surface area contributed by atoms with Crippen molar-refractivity contribution in [3.63, 3.8) is 0 Å². The number of aryl methyl sites for hydroxylation is 1. The van der Waals surface area contributed by atoms with Crippen LogP contribution in [0.3, 0.4) is 0 Å². The normalized spacial score (nSPS) is 11.2. The van der Waals surface area contributed by atoms with E-state index in [1.807, 2.05) is 6.20 Å². The van der Waals surface area contributed by atoms with Gasteiger partial charge in [0.1, 0.15) is 0 Å². The number of imidazole rings is 1. The standard InChI is InChI=1S/C11H21N3S/c1-4-13(5-2)7-6-8-14-10(3)9-12-11(14)15/h9H,4-8H2,1-3H3,(H,12,15). The lowest BCUT2D eigenvalue weighted by Crippen LogP contribution is -2.24. The Morgan fingerprint density at radius 1 is 1.40 bits per heavy atom. The second-order valence-corrected chi connectivity index (χ2v) is 4.15. The molecule has 1 aromatic rings. The smallest absolute Gasteiger partial charge is 0.177 e. The maximum Gasteiger partial charge on any atom is 0.177 e. The van der Waals surface area contributed by atoms with Crippen molar-refractivity contribution in [3.8, 4) is 0 Å². The molecule has 1 heterocycles. The lowest BCUT2D eigenvalue weighted by molar-refractivity contribution is 0.292. The molecule has 0 saturated carbocycles. The molecule has 0 aliphatic rings. The number of aromatic amines is 1. The molecule has 1 N–H and O–H groups in total. The maximum atomic E-state index is 5.20. The molecule has 3 nitrogen and oxygen atoms in total. The Labute approximate surface area is 97.1 Å². The van der Waals surface area contributed by atoms with Gasteiger partial charge in [-0.25, -0.2) is 0 Å². The SMILES string of the molecule is CCN(CC)CCCn1c(C)c[nH]c1=S. The Morgan fingerprint density at radius 2 is 2.07 bits per heavy atom. The maximum absolute atomic E-state index is 5.20. The monoisotopic (exact) mass is 227 g/mol.